The summed E-state index contributed by atoms with van der Waals surface area (Å²) in [5.41, 5.74) is 0.684. The maximum absolute atomic E-state index is 13.5. The molecule has 1 N–H and O–H groups in total. The normalized spacial score (nSPS) is 11.2. The van der Waals surface area contributed by atoms with Gasteiger partial charge in [-0.15, -0.1) is 24.1 Å². The second-order valence-corrected chi connectivity index (χ2v) is 8.61. The summed E-state index contributed by atoms with van der Waals surface area (Å²) in [6.45, 7) is 10.0. The van der Waals surface area contributed by atoms with Crippen molar-refractivity contribution in [1.29, 1.82) is 0 Å². The van der Waals surface area contributed by atoms with E-state index in [1.165, 1.54) is 23.9 Å². The molecule has 1 amide bonds. The molecule has 138 valence electrons. The van der Waals surface area contributed by atoms with Crippen molar-refractivity contribution in [1.82, 2.24) is 5.32 Å². The Balaban J connectivity index is 0.00000178. The van der Waals surface area contributed by atoms with E-state index in [0.29, 0.717) is 20.0 Å². The highest BCUT2D eigenvalue weighted by atomic mass is 79.9. The molecule has 0 radical (unpaired) electrons. The summed E-state index contributed by atoms with van der Waals surface area (Å²) < 4.78 is 13.8. The molecule has 0 aromatic heterocycles. The SMILES string of the molecule is C#CC.C/C=C(\SCC(C)(C)C)C(=O)NCc1cc(F)c(Br)cc1Cl. The number of thioether (sulfide) groups is 1. The topological polar surface area (TPSA) is 29.1 Å². The lowest BCUT2D eigenvalue weighted by atomic mass is 10.0. The van der Waals surface area contributed by atoms with Gasteiger partial charge in [0.2, 0.25) is 0 Å². The van der Waals surface area contributed by atoms with Crippen molar-refractivity contribution in [2.45, 2.75) is 41.2 Å². The van der Waals surface area contributed by atoms with Gasteiger partial charge < -0.3 is 5.32 Å². The van der Waals surface area contributed by atoms with Crippen LogP contribution in [0.15, 0.2) is 27.6 Å². The molecule has 2 nitrogen and oxygen atoms in total. The first-order valence-electron chi connectivity index (χ1n) is 7.63. The van der Waals surface area contributed by atoms with E-state index < -0.39 is 5.82 Å². The van der Waals surface area contributed by atoms with E-state index in [2.05, 4.69) is 54.4 Å². The molecule has 1 rings (SSSR count). The molecule has 25 heavy (non-hydrogen) atoms. The monoisotopic (exact) mass is 447 g/mol. The van der Waals surface area contributed by atoms with Crippen LogP contribution >= 0.6 is 39.3 Å². The number of benzene rings is 1. The van der Waals surface area contributed by atoms with Crippen molar-refractivity contribution in [2.24, 2.45) is 5.41 Å². The third-order valence-electron chi connectivity index (χ3n) is 2.68. The number of allylic oxidation sites excluding steroid dienone is 1. The molecule has 0 unspecified atom stereocenters. The number of halogens is 3. The van der Waals surface area contributed by atoms with Gasteiger partial charge in [0.1, 0.15) is 5.82 Å². The Morgan fingerprint density at radius 3 is 2.52 bits per heavy atom. The predicted octanol–water partition coefficient (Wildman–Crippen LogP) is 6.18. The second kappa shape index (κ2) is 11.6. The summed E-state index contributed by atoms with van der Waals surface area (Å²) in [6, 6.07) is 2.81. The van der Waals surface area contributed by atoms with Gasteiger partial charge in [-0.25, -0.2) is 4.39 Å². The van der Waals surface area contributed by atoms with E-state index in [1.54, 1.807) is 13.0 Å². The fraction of sp³-hybridized carbons (Fsp3) is 0.421. The third-order valence-corrected chi connectivity index (χ3v) is 5.38. The van der Waals surface area contributed by atoms with Crippen LogP contribution in [0, 0.1) is 23.6 Å². The van der Waals surface area contributed by atoms with Crippen molar-refractivity contribution in [2.75, 3.05) is 5.75 Å². The van der Waals surface area contributed by atoms with Gasteiger partial charge in [0.05, 0.1) is 9.38 Å². The van der Waals surface area contributed by atoms with Crippen LogP contribution in [-0.4, -0.2) is 11.7 Å². The minimum absolute atomic E-state index is 0.136. The van der Waals surface area contributed by atoms with Gasteiger partial charge in [-0.1, -0.05) is 38.4 Å². The van der Waals surface area contributed by atoms with E-state index in [4.69, 9.17) is 11.6 Å². The first kappa shape index (κ1) is 24.0. The van der Waals surface area contributed by atoms with E-state index in [0.717, 1.165) is 5.75 Å². The molecule has 0 atom stereocenters. The van der Waals surface area contributed by atoms with Gasteiger partial charge in [0.15, 0.2) is 0 Å². The van der Waals surface area contributed by atoms with Crippen LogP contribution in [0.2, 0.25) is 5.02 Å². The minimum Gasteiger partial charge on any atom is -0.347 e. The van der Waals surface area contributed by atoms with Gasteiger partial charge in [0, 0.05) is 17.3 Å². The first-order chi connectivity index (χ1) is 11.6. The Hall–Kier alpha value is -0.960. The molecule has 6 heteroatoms. The molecule has 0 fully saturated rings. The van der Waals surface area contributed by atoms with Crippen molar-refractivity contribution < 1.29 is 9.18 Å². The Labute approximate surface area is 168 Å². The molecule has 0 aliphatic heterocycles. The van der Waals surface area contributed by atoms with Crippen LogP contribution in [0.1, 0.15) is 40.2 Å². The fourth-order valence-electron chi connectivity index (χ4n) is 1.54. The molecule has 0 spiro atoms. The van der Waals surface area contributed by atoms with E-state index in [-0.39, 0.29) is 17.9 Å². The summed E-state index contributed by atoms with van der Waals surface area (Å²) in [5.74, 6) is 2.52. The van der Waals surface area contributed by atoms with Crippen molar-refractivity contribution in [3.63, 3.8) is 0 Å². The summed E-state index contributed by atoms with van der Waals surface area (Å²) in [4.78, 5) is 12.8. The molecule has 0 aliphatic carbocycles. The lowest BCUT2D eigenvalue weighted by Crippen LogP contribution is -2.24. The molecule has 1 aromatic rings. The highest BCUT2D eigenvalue weighted by Gasteiger charge is 2.16. The van der Waals surface area contributed by atoms with Crippen molar-refractivity contribution >= 4 is 45.2 Å². The summed E-state index contributed by atoms with van der Waals surface area (Å²) in [7, 11) is 0. The van der Waals surface area contributed by atoms with E-state index in [9.17, 15) is 9.18 Å². The van der Waals surface area contributed by atoms with Crippen molar-refractivity contribution in [3.8, 4) is 12.3 Å². The zero-order valence-corrected chi connectivity index (χ0v) is 18.3. The Morgan fingerprint density at radius 2 is 2.04 bits per heavy atom. The van der Waals surface area contributed by atoms with E-state index >= 15 is 0 Å². The summed E-state index contributed by atoms with van der Waals surface area (Å²) in [5, 5.41) is 3.19. The number of hydrogen-bond acceptors (Lipinski definition) is 2. The van der Waals surface area contributed by atoms with Gasteiger partial charge in [-0.2, -0.15) is 0 Å². The number of hydrogen-bond donors (Lipinski definition) is 1. The second-order valence-electron chi connectivity index (χ2n) is 6.33. The largest absolute Gasteiger partial charge is 0.347 e. The van der Waals surface area contributed by atoms with Gasteiger partial charge >= 0.3 is 0 Å². The van der Waals surface area contributed by atoms with Crippen LogP contribution in [0.3, 0.4) is 0 Å². The quantitative estimate of drug-likeness (QED) is 0.331. The Bertz CT molecular complexity index is 663. The molecule has 0 bridgehead atoms. The average Bonchev–Trinajstić information content (AvgIpc) is 2.50. The number of carbonyl (C=O) groups excluding carboxylic acids is 1. The van der Waals surface area contributed by atoms with Crippen LogP contribution in [0.4, 0.5) is 4.39 Å². The summed E-state index contributed by atoms with van der Waals surface area (Å²) in [6.07, 6.45) is 6.38. The lowest BCUT2D eigenvalue weighted by molar-refractivity contribution is -0.116. The molecule has 1 aromatic carbocycles. The zero-order chi connectivity index (χ0) is 19.6. The lowest BCUT2D eigenvalue weighted by Gasteiger charge is -2.18. The van der Waals surface area contributed by atoms with Crippen LogP contribution in [0.5, 0.6) is 0 Å². The molecule has 0 saturated heterocycles. The fourth-order valence-corrected chi connectivity index (χ4v) is 3.20. The maximum Gasteiger partial charge on any atom is 0.257 e. The first-order valence-corrected chi connectivity index (χ1v) is 9.79. The van der Waals surface area contributed by atoms with Gasteiger partial charge in [-0.3, -0.25) is 4.79 Å². The van der Waals surface area contributed by atoms with Crippen LogP contribution < -0.4 is 5.32 Å². The molecule has 0 aliphatic rings. The molecular formula is C19H24BrClFNOS. The zero-order valence-electron chi connectivity index (χ0n) is 15.2. The number of carbonyl (C=O) groups is 1. The van der Waals surface area contributed by atoms with Crippen LogP contribution in [0.25, 0.3) is 0 Å². The van der Waals surface area contributed by atoms with Gasteiger partial charge in [-0.05, 0) is 52.9 Å². The average molecular weight is 449 g/mol. The number of terminal acetylenes is 1. The third kappa shape index (κ3) is 9.94. The number of amides is 1. The highest BCUT2D eigenvalue weighted by molar-refractivity contribution is 9.10. The standard InChI is InChI=1S/C16H20BrClFNOS.C3H4/c1-5-14(22-9-16(2,3)4)15(21)20-8-10-6-13(19)11(17)7-12(10)18;1-3-2/h5-7H,8-9H2,1-4H3,(H,20,21);1H,2H3/b14-5-;. The number of rotatable bonds is 5. The number of nitrogens with one attached hydrogen (secondary N) is 1. The molecule has 0 heterocycles. The molecule has 0 saturated carbocycles. The Kier molecular flexibility index (Phi) is 11.2. The maximum atomic E-state index is 13.5. The predicted molar refractivity (Wildman–Crippen MR) is 111 cm³/mol. The van der Waals surface area contributed by atoms with E-state index in [1.807, 2.05) is 6.92 Å². The smallest absolute Gasteiger partial charge is 0.257 e. The van der Waals surface area contributed by atoms with Crippen molar-refractivity contribution in [3.05, 3.63) is 44.0 Å². The molecular weight excluding hydrogens is 425 g/mol. The Morgan fingerprint density at radius 1 is 1.48 bits per heavy atom. The van der Waals surface area contributed by atoms with Crippen LogP contribution in [-0.2, 0) is 11.3 Å². The minimum atomic E-state index is -0.401. The highest BCUT2D eigenvalue weighted by Crippen LogP contribution is 2.27. The van der Waals surface area contributed by atoms with Gasteiger partial charge in [0.25, 0.3) is 5.91 Å². The summed E-state index contributed by atoms with van der Waals surface area (Å²) >= 11 is 10.6.